The van der Waals surface area contributed by atoms with E-state index in [-0.39, 0.29) is 30.8 Å². The molecular formula is C15H20N2O4. The molecule has 0 aliphatic rings. The smallest absolute Gasteiger partial charge is 0.305 e. The predicted molar refractivity (Wildman–Crippen MR) is 78.3 cm³/mol. The van der Waals surface area contributed by atoms with Gasteiger partial charge in [-0.3, -0.25) is 14.4 Å². The standard InChI is InChI=1S/C15H20N2O4/c1-10(2)17(8-7-13(18)19)15(21)12-6-4-5-11(9-12)14(20)16-3/h4-6,9-10H,7-8H2,1-3H3,(H,16,20)(H,18,19). The van der Waals surface area contributed by atoms with Crippen LogP contribution in [0.5, 0.6) is 0 Å². The summed E-state index contributed by atoms with van der Waals surface area (Å²) in [7, 11) is 1.52. The van der Waals surface area contributed by atoms with Crippen LogP contribution in [0.3, 0.4) is 0 Å². The van der Waals surface area contributed by atoms with Crippen molar-refractivity contribution in [2.24, 2.45) is 0 Å². The van der Waals surface area contributed by atoms with E-state index >= 15 is 0 Å². The molecule has 0 heterocycles. The molecule has 1 aromatic rings. The lowest BCUT2D eigenvalue weighted by molar-refractivity contribution is -0.137. The summed E-state index contributed by atoms with van der Waals surface area (Å²) in [5.74, 6) is -1.50. The van der Waals surface area contributed by atoms with Crippen LogP contribution in [-0.2, 0) is 4.79 Å². The lowest BCUT2D eigenvalue weighted by atomic mass is 10.1. The second-order valence-electron chi connectivity index (χ2n) is 4.90. The van der Waals surface area contributed by atoms with Crippen molar-refractivity contribution in [3.8, 4) is 0 Å². The first-order chi connectivity index (χ1) is 9.86. The fraction of sp³-hybridized carbons (Fsp3) is 0.400. The molecule has 0 fully saturated rings. The normalized spacial score (nSPS) is 10.3. The average Bonchev–Trinajstić information content (AvgIpc) is 2.45. The molecule has 6 heteroatoms. The zero-order valence-electron chi connectivity index (χ0n) is 12.4. The molecule has 0 atom stereocenters. The fourth-order valence-electron chi connectivity index (χ4n) is 1.91. The van der Waals surface area contributed by atoms with Gasteiger partial charge in [-0.25, -0.2) is 0 Å². The maximum atomic E-state index is 12.5. The highest BCUT2D eigenvalue weighted by Crippen LogP contribution is 2.12. The van der Waals surface area contributed by atoms with E-state index in [0.29, 0.717) is 11.1 Å². The molecule has 6 nitrogen and oxygen atoms in total. The van der Waals surface area contributed by atoms with Gasteiger partial charge < -0.3 is 15.3 Å². The van der Waals surface area contributed by atoms with Crippen LogP contribution >= 0.6 is 0 Å². The molecule has 0 bridgehead atoms. The monoisotopic (exact) mass is 292 g/mol. The molecule has 0 aromatic heterocycles. The van der Waals surface area contributed by atoms with Crippen molar-refractivity contribution in [2.45, 2.75) is 26.3 Å². The van der Waals surface area contributed by atoms with Crippen LogP contribution in [0.15, 0.2) is 24.3 Å². The Bertz CT molecular complexity index is 540. The van der Waals surface area contributed by atoms with Crippen LogP contribution in [0.4, 0.5) is 0 Å². The van der Waals surface area contributed by atoms with E-state index in [4.69, 9.17) is 5.11 Å². The lowest BCUT2D eigenvalue weighted by Crippen LogP contribution is -2.38. The molecule has 0 aliphatic carbocycles. The van der Waals surface area contributed by atoms with E-state index in [9.17, 15) is 14.4 Å². The van der Waals surface area contributed by atoms with Crippen LogP contribution < -0.4 is 5.32 Å². The van der Waals surface area contributed by atoms with Gasteiger partial charge in [0, 0.05) is 30.8 Å². The maximum absolute atomic E-state index is 12.5. The number of carbonyl (C=O) groups is 3. The number of nitrogens with one attached hydrogen (secondary N) is 1. The Kier molecular flexibility index (Phi) is 5.90. The van der Waals surface area contributed by atoms with Crippen LogP contribution in [0.2, 0.25) is 0 Å². The van der Waals surface area contributed by atoms with Crippen molar-refractivity contribution < 1.29 is 19.5 Å². The average molecular weight is 292 g/mol. The summed E-state index contributed by atoms with van der Waals surface area (Å²) in [4.78, 5) is 36.2. The molecule has 114 valence electrons. The molecule has 0 unspecified atom stereocenters. The Labute approximate surface area is 123 Å². The number of benzene rings is 1. The third-order valence-electron chi connectivity index (χ3n) is 3.05. The summed E-state index contributed by atoms with van der Waals surface area (Å²) < 4.78 is 0. The Balaban J connectivity index is 2.98. The summed E-state index contributed by atoms with van der Waals surface area (Å²) in [6, 6.07) is 6.25. The highest BCUT2D eigenvalue weighted by molar-refractivity contribution is 5.99. The van der Waals surface area contributed by atoms with Crippen molar-refractivity contribution in [2.75, 3.05) is 13.6 Å². The molecule has 0 radical (unpaired) electrons. The number of aliphatic carboxylic acids is 1. The van der Waals surface area contributed by atoms with E-state index in [1.807, 2.05) is 13.8 Å². The van der Waals surface area contributed by atoms with E-state index in [1.165, 1.54) is 18.0 Å². The van der Waals surface area contributed by atoms with E-state index < -0.39 is 5.97 Å². The first-order valence-electron chi connectivity index (χ1n) is 6.71. The minimum Gasteiger partial charge on any atom is -0.481 e. The topological polar surface area (TPSA) is 86.7 Å². The lowest BCUT2D eigenvalue weighted by Gasteiger charge is -2.26. The van der Waals surface area contributed by atoms with Gasteiger partial charge in [-0.1, -0.05) is 6.07 Å². The van der Waals surface area contributed by atoms with Crippen molar-refractivity contribution in [1.82, 2.24) is 10.2 Å². The molecule has 1 rings (SSSR count). The summed E-state index contributed by atoms with van der Waals surface area (Å²) in [6.07, 6.45) is -0.112. The minimum absolute atomic E-state index is 0.112. The Hall–Kier alpha value is -2.37. The zero-order chi connectivity index (χ0) is 16.0. The molecule has 21 heavy (non-hydrogen) atoms. The van der Waals surface area contributed by atoms with Gasteiger partial charge in [-0.2, -0.15) is 0 Å². The van der Waals surface area contributed by atoms with Gasteiger partial charge >= 0.3 is 5.97 Å². The van der Waals surface area contributed by atoms with Gasteiger partial charge in [0.25, 0.3) is 11.8 Å². The van der Waals surface area contributed by atoms with Crippen molar-refractivity contribution in [3.63, 3.8) is 0 Å². The van der Waals surface area contributed by atoms with Gasteiger partial charge in [-0.05, 0) is 32.0 Å². The third-order valence-corrected chi connectivity index (χ3v) is 3.05. The van der Waals surface area contributed by atoms with Crippen LogP contribution in [0.1, 0.15) is 41.0 Å². The summed E-state index contributed by atoms with van der Waals surface area (Å²) in [5.41, 5.74) is 0.764. The van der Waals surface area contributed by atoms with E-state index in [1.54, 1.807) is 18.2 Å². The number of rotatable bonds is 6. The highest BCUT2D eigenvalue weighted by Gasteiger charge is 2.20. The van der Waals surface area contributed by atoms with Crippen LogP contribution in [0.25, 0.3) is 0 Å². The maximum Gasteiger partial charge on any atom is 0.305 e. The molecule has 2 N–H and O–H groups in total. The molecule has 0 aliphatic heterocycles. The minimum atomic E-state index is -0.951. The number of carboxylic acids is 1. The molecule has 1 aromatic carbocycles. The Morgan fingerprint density at radius 2 is 1.86 bits per heavy atom. The summed E-state index contributed by atoms with van der Waals surface area (Å²) >= 11 is 0. The number of hydrogen-bond acceptors (Lipinski definition) is 3. The van der Waals surface area contributed by atoms with Gasteiger partial charge in [0.1, 0.15) is 0 Å². The van der Waals surface area contributed by atoms with Gasteiger partial charge in [-0.15, -0.1) is 0 Å². The SMILES string of the molecule is CNC(=O)c1cccc(C(=O)N(CCC(=O)O)C(C)C)c1. The Morgan fingerprint density at radius 3 is 2.38 bits per heavy atom. The molecule has 0 spiro atoms. The van der Waals surface area contributed by atoms with Crippen molar-refractivity contribution in [3.05, 3.63) is 35.4 Å². The first-order valence-corrected chi connectivity index (χ1v) is 6.71. The molecule has 0 saturated heterocycles. The second kappa shape index (κ2) is 7.42. The van der Waals surface area contributed by atoms with E-state index in [0.717, 1.165) is 0 Å². The van der Waals surface area contributed by atoms with Crippen LogP contribution in [-0.4, -0.2) is 47.4 Å². The number of carbonyl (C=O) groups excluding carboxylic acids is 2. The van der Waals surface area contributed by atoms with Crippen molar-refractivity contribution >= 4 is 17.8 Å². The third kappa shape index (κ3) is 4.59. The van der Waals surface area contributed by atoms with Crippen molar-refractivity contribution in [1.29, 1.82) is 0 Å². The predicted octanol–water partition coefficient (Wildman–Crippen LogP) is 1.37. The number of carboxylic acid groups (broad SMARTS) is 1. The van der Waals surface area contributed by atoms with Gasteiger partial charge in [0.2, 0.25) is 0 Å². The van der Waals surface area contributed by atoms with Crippen LogP contribution in [0, 0.1) is 0 Å². The first kappa shape index (κ1) is 16.7. The number of nitrogens with zero attached hydrogens (tertiary/aromatic N) is 1. The summed E-state index contributed by atoms with van der Waals surface area (Å²) in [5, 5.41) is 11.3. The molecule has 0 saturated carbocycles. The Morgan fingerprint density at radius 1 is 1.24 bits per heavy atom. The van der Waals surface area contributed by atoms with Gasteiger partial charge in [0.15, 0.2) is 0 Å². The number of amides is 2. The van der Waals surface area contributed by atoms with E-state index in [2.05, 4.69) is 5.32 Å². The number of hydrogen-bond donors (Lipinski definition) is 2. The quantitative estimate of drug-likeness (QED) is 0.829. The molecular weight excluding hydrogens is 272 g/mol. The summed E-state index contributed by atoms with van der Waals surface area (Å²) in [6.45, 7) is 3.78. The second-order valence-corrected chi connectivity index (χ2v) is 4.90. The highest BCUT2D eigenvalue weighted by atomic mass is 16.4. The largest absolute Gasteiger partial charge is 0.481 e. The van der Waals surface area contributed by atoms with Gasteiger partial charge in [0.05, 0.1) is 6.42 Å². The zero-order valence-corrected chi connectivity index (χ0v) is 12.4. The fourth-order valence-corrected chi connectivity index (χ4v) is 1.91. The molecule has 2 amide bonds.